The Morgan fingerprint density at radius 2 is 1.86 bits per heavy atom. The number of hydrogen-bond acceptors (Lipinski definition) is 3. The first-order chi connectivity index (χ1) is 9.96. The summed E-state index contributed by atoms with van der Waals surface area (Å²) in [5.41, 5.74) is -1.15. The number of thiol groups is 1. The quantitative estimate of drug-likeness (QED) is 0.841. The van der Waals surface area contributed by atoms with E-state index in [0.29, 0.717) is 0 Å². The van der Waals surface area contributed by atoms with Gasteiger partial charge < -0.3 is 5.11 Å². The minimum absolute atomic E-state index is 0.175. The van der Waals surface area contributed by atoms with Crippen molar-refractivity contribution in [2.45, 2.75) is 44.0 Å². The SMILES string of the molecule is Cc1cc(S)cc(Cn2cc(C(C)(C)O)c(C(F)(F)F)n2)c1. The van der Waals surface area contributed by atoms with E-state index < -0.39 is 17.5 Å². The summed E-state index contributed by atoms with van der Waals surface area (Å²) in [5.74, 6) is 0. The third kappa shape index (κ3) is 3.84. The van der Waals surface area contributed by atoms with Crippen LogP contribution >= 0.6 is 12.6 Å². The zero-order chi connectivity index (χ0) is 16.7. The third-order valence-electron chi connectivity index (χ3n) is 3.16. The zero-order valence-corrected chi connectivity index (χ0v) is 13.3. The molecule has 0 aliphatic heterocycles. The molecule has 2 aromatic rings. The molecule has 0 radical (unpaired) electrons. The predicted molar refractivity (Wildman–Crippen MR) is 80.0 cm³/mol. The molecule has 7 heteroatoms. The highest BCUT2D eigenvalue weighted by atomic mass is 32.1. The molecule has 1 aromatic heterocycles. The Kier molecular flexibility index (Phi) is 4.32. The van der Waals surface area contributed by atoms with Crippen LogP contribution in [0, 0.1) is 6.92 Å². The number of halogens is 3. The van der Waals surface area contributed by atoms with Gasteiger partial charge in [-0.15, -0.1) is 12.6 Å². The van der Waals surface area contributed by atoms with Gasteiger partial charge in [-0.3, -0.25) is 4.68 Å². The van der Waals surface area contributed by atoms with Crippen molar-refractivity contribution in [3.05, 3.63) is 46.8 Å². The maximum atomic E-state index is 13.1. The number of alkyl halides is 3. The maximum absolute atomic E-state index is 13.1. The van der Waals surface area contributed by atoms with Crippen LogP contribution in [0.4, 0.5) is 13.2 Å². The molecule has 0 aliphatic carbocycles. The van der Waals surface area contributed by atoms with Crippen LogP contribution in [0.25, 0.3) is 0 Å². The Bertz CT molecular complexity index is 635. The Balaban J connectivity index is 2.43. The number of hydrogen-bond donors (Lipinski definition) is 2. The number of aromatic nitrogens is 2. The lowest BCUT2D eigenvalue weighted by atomic mass is 9.99. The highest BCUT2D eigenvalue weighted by Crippen LogP contribution is 2.35. The molecule has 3 nitrogen and oxygen atoms in total. The highest BCUT2D eigenvalue weighted by molar-refractivity contribution is 7.80. The first-order valence-corrected chi connectivity index (χ1v) is 7.08. The predicted octanol–water partition coefficient (Wildman–Crippen LogP) is 3.77. The maximum Gasteiger partial charge on any atom is 0.435 e. The number of nitrogens with zero attached hydrogens (tertiary/aromatic N) is 2. The summed E-state index contributed by atoms with van der Waals surface area (Å²) in [6.45, 7) is 4.67. The second kappa shape index (κ2) is 5.62. The molecule has 0 unspecified atom stereocenters. The Morgan fingerprint density at radius 3 is 2.32 bits per heavy atom. The van der Waals surface area contributed by atoms with E-state index in [1.54, 1.807) is 6.07 Å². The van der Waals surface area contributed by atoms with Gasteiger partial charge in [0, 0.05) is 16.7 Å². The van der Waals surface area contributed by atoms with Gasteiger partial charge in [0.25, 0.3) is 0 Å². The molecular formula is C15H17F3N2OS. The van der Waals surface area contributed by atoms with E-state index in [1.807, 2.05) is 19.1 Å². The Labute approximate surface area is 132 Å². The molecule has 2 rings (SSSR count). The van der Waals surface area contributed by atoms with Crippen molar-refractivity contribution >= 4 is 12.6 Å². The largest absolute Gasteiger partial charge is 0.435 e. The van der Waals surface area contributed by atoms with Crippen LogP contribution in [0.1, 0.15) is 36.2 Å². The van der Waals surface area contributed by atoms with Crippen LogP contribution < -0.4 is 0 Å². The fourth-order valence-electron chi connectivity index (χ4n) is 2.28. The lowest BCUT2D eigenvalue weighted by molar-refractivity contribution is -0.144. The van der Waals surface area contributed by atoms with Gasteiger partial charge in [-0.05, 0) is 44.0 Å². The summed E-state index contributed by atoms with van der Waals surface area (Å²) >= 11 is 4.26. The van der Waals surface area contributed by atoms with Crippen LogP contribution in [0.5, 0.6) is 0 Å². The third-order valence-corrected chi connectivity index (χ3v) is 3.41. The average Bonchev–Trinajstić information content (AvgIpc) is 2.70. The molecular weight excluding hydrogens is 313 g/mol. The molecule has 22 heavy (non-hydrogen) atoms. The van der Waals surface area contributed by atoms with Gasteiger partial charge in [0.1, 0.15) is 0 Å². The molecule has 120 valence electrons. The smallest absolute Gasteiger partial charge is 0.386 e. The molecule has 0 saturated carbocycles. The van der Waals surface area contributed by atoms with Crippen LogP contribution in [0.15, 0.2) is 29.3 Å². The molecule has 0 fully saturated rings. The molecule has 1 heterocycles. The van der Waals surface area contributed by atoms with Crippen LogP contribution in [0.2, 0.25) is 0 Å². The summed E-state index contributed by atoms with van der Waals surface area (Å²) < 4.78 is 40.4. The first kappa shape index (κ1) is 16.9. The van der Waals surface area contributed by atoms with Crippen LogP contribution in [-0.4, -0.2) is 14.9 Å². The van der Waals surface area contributed by atoms with Crippen LogP contribution in [0.3, 0.4) is 0 Å². The molecule has 1 N–H and O–H groups in total. The summed E-state index contributed by atoms with van der Waals surface area (Å²) in [5, 5.41) is 13.5. The van der Waals surface area contributed by atoms with Crippen molar-refractivity contribution in [1.82, 2.24) is 9.78 Å². The first-order valence-electron chi connectivity index (χ1n) is 6.64. The number of benzene rings is 1. The van der Waals surface area contributed by atoms with E-state index >= 15 is 0 Å². The standard InChI is InChI=1S/C15H17F3N2OS/c1-9-4-10(6-11(22)5-9)7-20-8-12(14(2,3)21)13(19-20)15(16,17)18/h4-6,8,21-22H,7H2,1-3H3. The summed E-state index contributed by atoms with van der Waals surface area (Å²) in [6, 6.07) is 5.49. The molecule has 0 amide bonds. The van der Waals surface area contributed by atoms with Crippen molar-refractivity contribution in [3.8, 4) is 0 Å². The molecule has 0 bridgehead atoms. The number of rotatable bonds is 3. The lowest BCUT2D eigenvalue weighted by Crippen LogP contribution is -2.20. The van der Waals surface area contributed by atoms with Crippen LogP contribution in [-0.2, 0) is 18.3 Å². The molecule has 0 spiro atoms. The summed E-state index contributed by atoms with van der Waals surface area (Å²) in [6.07, 6.45) is -3.37. The van der Waals surface area contributed by atoms with E-state index in [0.717, 1.165) is 16.0 Å². The van der Waals surface area contributed by atoms with Gasteiger partial charge in [-0.1, -0.05) is 6.07 Å². The van der Waals surface area contributed by atoms with E-state index in [4.69, 9.17) is 0 Å². The Hall–Kier alpha value is -1.47. The van der Waals surface area contributed by atoms with Crippen molar-refractivity contribution in [1.29, 1.82) is 0 Å². The fraction of sp³-hybridized carbons (Fsp3) is 0.400. The highest BCUT2D eigenvalue weighted by Gasteiger charge is 2.40. The van der Waals surface area contributed by atoms with Gasteiger partial charge in [0.05, 0.1) is 12.1 Å². The molecule has 1 aromatic carbocycles. The lowest BCUT2D eigenvalue weighted by Gasteiger charge is -2.17. The van der Waals surface area contributed by atoms with Crippen molar-refractivity contribution in [2.75, 3.05) is 0 Å². The van der Waals surface area contributed by atoms with E-state index in [9.17, 15) is 18.3 Å². The van der Waals surface area contributed by atoms with E-state index in [1.165, 1.54) is 24.7 Å². The summed E-state index contributed by atoms with van der Waals surface area (Å²) in [4.78, 5) is 0.737. The Morgan fingerprint density at radius 1 is 1.23 bits per heavy atom. The normalized spacial score (nSPS) is 12.7. The van der Waals surface area contributed by atoms with Crippen molar-refractivity contribution in [2.24, 2.45) is 0 Å². The second-order valence-corrected chi connectivity index (χ2v) is 6.34. The number of aryl methyl sites for hydroxylation is 1. The fourth-order valence-corrected chi connectivity index (χ4v) is 2.65. The monoisotopic (exact) mass is 330 g/mol. The molecule has 0 aliphatic rings. The van der Waals surface area contributed by atoms with Gasteiger partial charge in [0.2, 0.25) is 0 Å². The van der Waals surface area contributed by atoms with E-state index in [-0.39, 0.29) is 12.1 Å². The zero-order valence-electron chi connectivity index (χ0n) is 12.4. The van der Waals surface area contributed by atoms with Crippen molar-refractivity contribution < 1.29 is 18.3 Å². The van der Waals surface area contributed by atoms with Gasteiger partial charge >= 0.3 is 6.18 Å². The molecule has 0 saturated heterocycles. The van der Waals surface area contributed by atoms with Crippen molar-refractivity contribution in [3.63, 3.8) is 0 Å². The minimum Gasteiger partial charge on any atom is -0.386 e. The minimum atomic E-state index is -4.61. The van der Waals surface area contributed by atoms with Gasteiger partial charge in [-0.2, -0.15) is 18.3 Å². The topological polar surface area (TPSA) is 38.0 Å². The van der Waals surface area contributed by atoms with E-state index in [2.05, 4.69) is 17.7 Å². The average molecular weight is 330 g/mol. The summed E-state index contributed by atoms with van der Waals surface area (Å²) in [7, 11) is 0. The number of aliphatic hydroxyl groups is 1. The second-order valence-electron chi connectivity index (χ2n) is 5.82. The molecule has 0 atom stereocenters. The van der Waals surface area contributed by atoms with Gasteiger partial charge in [-0.25, -0.2) is 0 Å². The van der Waals surface area contributed by atoms with Gasteiger partial charge in [0.15, 0.2) is 5.69 Å².